The van der Waals surface area contributed by atoms with Crippen LogP contribution in [0.2, 0.25) is 0 Å². The number of aryl methyl sites for hydroxylation is 1. The Labute approximate surface area is 110 Å². The fourth-order valence-corrected chi connectivity index (χ4v) is 1.61. The van der Waals surface area contributed by atoms with Gasteiger partial charge in [-0.15, -0.1) is 0 Å². The minimum absolute atomic E-state index is 0.0920. The smallest absolute Gasteiger partial charge is 0.256 e. The lowest BCUT2D eigenvalue weighted by atomic mass is 10.3. The van der Waals surface area contributed by atoms with E-state index in [0.717, 1.165) is 0 Å². The van der Waals surface area contributed by atoms with Gasteiger partial charge in [-0.25, -0.2) is 4.98 Å². The molecule has 6 nitrogen and oxygen atoms in total. The third-order valence-corrected chi connectivity index (χ3v) is 2.63. The zero-order valence-corrected chi connectivity index (χ0v) is 10.5. The summed E-state index contributed by atoms with van der Waals surface area (Å²) >= 11 is 0. The van der Waals surface area contributed by atoms with Crippen molar-refractivity contribution in [2.75, 3.05) is 6.54 Å². The normalized spacial score (nSPS) is 10.2. The van der Waals surface area contributed by atoms with Crippen LogP contribution < -0.4 is 10.9 Å². The molecule has 19 heavy (non-hydrogen) atoms. The third-order valence-electron chi connectivity index (χ3n) is 2.63. The maximum Gasteiger partial charge on any atom is 0.256 e. The van der Waals surface area contributed by atoms with Crippen molar-refractivity contribution >= 4 is 5.91 Å². The van der Waals surface area contributed by atoms with E-state index in [9.17, 15) is 9.59 Å². The zero-order valence-electron chi connectivity index (χ0n) is 10.5. The van der Waals surface area contributed by atoms with Gasteiger partial charge in [-0.1, -0.05) is 0 Å². The lowest BCUT2D eigenvalue weighted by Gasteiger charge is -2.07. The van der Waals surface area contributed by atoms with Gasteiger partial charge in [0.1, 0.15) is 0 Å². The molecule has 0 spiro atoms. The summed E-state index contributed by atoms with van der Waals surface area (Å²) < 4.78 is 1.47. The molecule has 0 saturated heterocycles. The van der Waals surface area contributed by atoms with Crippen molar-refractivity contribution in [3.63, 3.8) is 0 Å². The highest BCUT2D eigenvalue weighted by Crippen LogP contribution is 1.94. The van der Waals surface area contributed by atoms with Gasteiger partial charge < -0.3 is 5.32 Å². The topological polar surface area (TPSA) is 76.9 Å². The molecule has 0 unspecified atom stereocenters. The number of hydrogen-bond donors (Lipinski definition) is 1. The molecule has 2 aromatic heterocycles. The van der Waals surface area contributed by atoms with Crippen LogP contribution >= 0.6 is 0 Å². The van der Waals surface area contributed by atoms with Gasteiger partial charge in [0, 0.05) is 37.2 Å². The van der Waals surface area contributed by atoms with Crippen LogP contribution in [0.25, 0.3) is 0 Å². The molecule has 0 radical (unpaired) electrons. The van der Waals surface area contributed by atoms with E-state index < -0.39 is 0 Å². The van der Waals surface area contributed by atoms with Gasteiger partial charge in [0.2, 0.25) is 0 Å². The maximum atomic E-state index is 11.7. The first-order chi connectivity index (χ1) is 9.18. The van der Waals surface area contributed by atoms with Crippen LogP contribution in [0.4, 0.5) is 0 Å². The van der Waals surface area contributed by atoms with E-state index in [1.54, 1.807) is 25.3 Å². The van der Waals surface area contributed by atoms with Crippen molar-refractivity contribution in [3.8, 4) is 0 Å². The van der Waals surface area contributed by atoms with E-state index in [1.165, 1.54) is 23.3 Å². The summed E-state index contributed by atoms with van der Waals surface area (Å²) in [6, 6.07) is 3.38. The monoisotopic (exact) mass is 258 g/mol. The van der Waals surface area contributed by atoms with E-state index in [2.05, 4.69) is 15.3 Å². The lowest BCUT2D eigenvalue weighted by Crippen LogP contribution is -2.31. The molecule has 0 saturated carbocycles. The predicted molar refractivity (Wildman–Crippen MR) is 69.8 cm³/mol. The fraction of sp³-hybridized carbons (Fsp3) is 0.231. The molecule has 2 heterocycles. The Morgan fingerprint density at radius 2 is 2.21 bits per heavy atom. The Balaban J connectivity index is 1.92. The highest BCUT2D eigenvalue weighted by molar-refractivity contribution is 5.93. The van der Waals surface area contributed by atoms with Crippen LogP contribution in [-0.2, 0) is 6.54 Å². The molecule has 98 valence electrons. The van der Waals surface area contributed by atoms with E-state index in [1.807, 2.05) is 0 Å². The molecule has 0 aliphatic carbocycles. The summed E-state index contributed by atoms with van der Waals surface area (Å²) in [6.07, 6.45) is 6.09. The molecule has 2 rings (SSSR count). The third kappa shape index (κ3) is 3.25. The number of aromatic nitrogens is 3. The molecule has 2 aromatic rings. The van der Waals surface area contributed by atoms with Crippen molar-refractivity contribution in [3.05, 3.63) is 58.5 Å². The average molecular weight is 258 g/mol. The first kappa shape index (κ1) is 12.9. The molecular formula is C13H14N4O2. The Bertz CT molecular complexity index is 622. The van der Waals surface area contributed by atoms with Crippen LogP contribution in [0.3, 0.4) is 0 Å². The van der Waals surface area contributed by atoms with Gasteiger partial charge in [0.05, 0.1) is 11.9 Å². The van der Waals surface area contributed by atoms with Gasteiger partial charge in [-0.2, -0.15) is 0 Å². The minimum Gasteiger partial charge on any atom is -0.350 e. The van der Waals surface area contributed by atoms with E-state index in [0.29, 0.717) is 24.2 Å². The molecule has 1 N–H and O–H groups in total. The van der Waals surface area contributed by atoms with Crippen molar-refractivity contribution < 1.29 is 4.79 Å². The quantitative estimate of drug-likeness (QED) is 0.860. The van der Waals surface area contributed by atoms with E-state index in [4.69, 9.17) is 0 Å². The molecule has 0 aliphatic rings. The average Bonchev–Trinajstić information content (AvgIpc) is 2.44. The second kappa shape index (κ2) is 5.90. The van der Waals surface area contributed by atoms with E-state index in [-0.39, 0.29) is 11.5 Å². The number of pyridine rings is 1. The Morgan fingerprint density at radius 1 is 1.37 bits per heavy atom. The first-order valence-electron chi connectivity index (χ1n) is 5.88. The summed E-state index contributed by atoms with van der Waals surface area (Å²) in [6.45, 7) is 2.46. The fourth-order valence-electron chi connectivity index (χ4n) is 1.61. The highest BCUT2D eigenvalue weighted by Gasteiger charge is 2.04. The number of carbonyl (C=O) groups excluding carboxylic acids is 1. The molecule has 0 bridgehead atoms. The molecule has 0 atom stereocenters. The standard InChI is InChI=1S/C13H14N4O2/c1-10-7-15-9-17(13(10)19)6-5-16-12(18)11-3-2-4-14-8-11/h2-4,7-9H,5-6H2,1H3,(H,16,18). The highest BCUT2D eigenvalue weighted by atomic mass is 16.1. The SMILES string of the molecule is Cc1cncn(CCNC(=O)c2cccnc2)c1=O. The number of amides is 1. The number of rotatable bonds is 4. The summed E-state index contributed by atoms with van der Waals surface area (Å²) in [4.78, 5) is 31.3. The lowest BCUT2D eigenvalue weighted by molar-refractivity contribution is 0.0952. The zero-order chi connectivity index (χ0) is 13.7. The number of nitrogens with one attached hydrogen (secondary N) is 1. The molecule has 0 aromatic carbocycles. The first-order valence-corrected chi connectivity index (χ1v) is 5.88. The van der Waals surface area contributed by atoms with Crippen LogP contribution in [0.5, 0.6) is 0 Å². The Hall–Kier alpha value is -2.50. The van der Waals surface area contributed by atoms with Gasteiger partial charge in [0.25, 0.3) is 11.5 Å². The largest absolute Gasteiger partial charge is 0.350 e. The maximum absolute atomic E-state index is 11.7. The van der Waals surface area contributed by atoms with Gasteiger partial charge in [-0.3, -0.25) is 19.1 Å². The van der Waals surface area contributed by atoms with Crippen LogP contribution in [0.1, 0.15) is 15.9 Å². The van der Waals surface area contributed by atoms with Crippen molar-refractivity contribution in [1.29, 1.82) is 0 Å². The van der Waals surface area contributed by atoms with Crippen molar-refractivity contribution in [1.82, 2.24) is 19.9 Å². The van der Waals surface area contributed by atoms with E-state index >= 15 is 0 Å². The van der Waals surface area contributed by atoms with Crippen LogP contribution in [-0.4, -0.2) is 27.0 Å². The predicted octanol–water partition coefficient (Wildman–Crippen LogP) is 0.377. The van der Waals surface area contributed by atoms with Crippen molar-refractivity contribution in [2.24, 2.45) is 0 Å². The summed E-state index contributed by atoms with van der Waals surface area (Å²) in [5, 5.41) is 2.73. The number of carbonyl (C=O) groups is 1. The van der Waals surface area contributed by atoms with Gasteiger partial charge in [0.15, 0.2) is 0 Å². The Kier molecular flexibility index (Phi) is 4.02. The summed E-state index contributed by atoms with van der Waals surface area (Å²) in [5.74, 6) is -0.207. The van der Waals surface area contributed by atoms with Crippen LogP contribution in [0, 0.1) is 6.92 Å². The second-order valence-electron chi connectivity index (χ2n) is 4.07. The molecule has 6 heteroatoms. The second-order valence-corrected chi connectivity index (χ2v) is 4.07. The van der Waals surface area contributed by atoms with Crippen LogP contribution in [0.15, 0.2) is 41.8 Å². The number of hydrogen-bond acceptors (Lipinski definition) is 4. The van der Waals surface area contributed by atoms with Crippen molar-refractivity contribution in [2.45, 2.75) is 13.5 Å². The number of nitrogens with zero attached hydrogens (tertiary/aromatic N) is 3. The van der Waals surface area contributed by atoms with Gasteiger partial charge in [-0.05, 0) is 19.1 Å². The molecule has 1 amide bonds. The minimum atomic E-state index is -0.207. The summed E-state index contributed by atoms with van der Waals surface area (Å²) in [7, 11) is 0. The summed E-state index contributed by atoms with van der Waals surface area (Å²) in [5.41, 5.74) is 0.990. The molecule has 0 fully saturated rings. The van der Waals surface area contributed by atoms with Gasteiger partial charge >= 0.3 is 0 Å². The molecule has 0 aliphatic heterocycles. The Morgan fingerprint density at radius 3 is 2.95 bits per heavy atom. The molecular weight excluding hydrogens is 244 g/mol.